The van der Waals surface area contributed by atoms with Gasteiger partial charge in [0.15, 0.2) is 0 Å². The number of halogens is 1. The van der Waals surface area contributed by atoms with Crippen LogP contribution in [0.25, 0.3) is 0 Å². The summed E-state index contributed by atoms with van der Waals surface area (Å²) in [6.45, 7) is 4.97. The summed E-state index contributed by atoms with van der Waals surface area (Å²) in [5.41, 5.74) is 8.88. The van der Waals surface area contributed by atoms with Gasteiger partial charge < -0.3 is 20.7 Å². The zero-order chi connectivity index (χ0) is 20.7. The molecule has 0 spiro atoms. The number of rotatable bonds is 8. The van der Waals surface area contributed by atoms with Crippen LogP contribution >= 0.6 is 11.6 Å². The number of amides is 1. The summed E-state index contributed by atoms with van der Waals surface area (Å²) in [6.07, 6.45) is 3.02. The summed E-state index contributed by atoms with van der Waals surface area (Å²) in [4.78, 5) is 27.0. The molecule has 1 aromatic rings. The van der Waals surface area contributed by atoms with Gasteiger partial charge in [-0.25, -0.2) is 4.79 Å². The Morgan fingerprint density at radius 1 is 1.11 bits per heavy atom. The number of nitrogens with zero attached hydrogens (tertiary/aromatic N) is 1. The fourth-order valence-electron chi connectivity index (χ4n) is 3.27. The van der Waals surface area contributed by atoms with E-state index in [2.05, 4.69) is 5.32 Å². The summed E-state index contributed by atoms with van der Waals surface area (Å²) in [6, 6.07) is 7.28. The molecule has 152 valence electrons. The maximum Gasteiger partial charge on any atom is 0.335 e. The highest BCUT2D eigenvalue weighted by atomic mass is 35.5. The molecule has 6 nitrogen and oxygen atoms in total. The lowest BCUT2D eigenvalue weighted by molar-refractivity contribution is -0.136. The molecule has 1 heterocycles. The van der Waals surface area contributed by atoms with Gasteiger partial charge in [0.05, 0.1) is 12.7 Å². The number of esters is 1. The summed E-state index contributed by atoms with van der Waals surface area (Å²) in [5, 5.41) is 3.57. The van der Waals surface area contributed by atoms with Crippen LogP contribution in [0.2, 0.25) is 5.02 Å². The first-order valence-corrected chi connectivity index (χ1v) is 9.80. The normalized spacial score (nSPS) is 14.4. The molecule has 0 unspecified atom stereocenters. The number of anilines is 1. The third-order valence-electron chi connectivity index (χ3n) is 4.86. The molecule has 28 heavy (non-hydrogen) atoms. The molecule has 0 atom stereocenters. The van der Waals surface area contributed by atoms with Gasteiger partial charge in [-0.1, -0.05) is 18.0 Å². The topological polar surface area (TPSA) is 84.7 Å². The molecule has 3 N–H and O–H groups in total. The number of carbonyl (C=O) groups excluding carboxylic acids is 2. The third kappa shape index (κ3) is 5.14. The molecular formula is C21H28ClN3O3. The molecule has 7 heteroatoms. The Kier molecular flexibility index (Phi) is 8.08. The number of hydrogen-bond acceptors (Lipinski definition) is 5. The van der Waals surface area contributed by atoms with E-state index in [1.165, 1.54) is 7.11 Å². The van der Waals surface area contributed by atoms with E-state index in [9.17, 15) is 9.59 Å². The van der Waals surface area contributed by atoms with Crippen molar-refractivity contribution < 1.29 is 14.3 Å². The zero-order valence-electron chi connectivity index (χ0n) is 16.7. The minimum Gasteiger partial charge on any atom is -0.466 e. The lowest BCUT2D eigenvalue weighted by atomic mass is 9.95. The standard InChI is InChI=1S/C21H28ClN3O3/c1-14-18(20(26)24-12-6-4-5-11-23)13-19(21(27)28-3)15(2)25(14)17-9-7-16(22)8-10-17/h7-10H,4-6,11-13,23H2,1-3H3,(H,24,26). The van der Waals surface area contributed by atoms with Crippen LogP contribution in [0.15, 0.2) is 46.8 Å². The minimum atomic E-state index is -0.433. The van der Waals surface area contributed by atoms with Crippen LogP contribution in [0.5, 0.6) is 0 Å². The number of allylic oxidation sites excluding steroid dienone is 2. The number of carbonyl (C=O) groups is 2. The highest BCUT2D eigenvalue weighted by Gasteiger charge is 2.30. The highest BCUT2D eigenvalue weighted by Crippen LogP contribution is 2.35. The molecule has 0 aromatic heterocycles. The van der Waals surface area contributed by atoms with Crippen LogP contribution in [0.1, 0.15) is 39.5 Å². The predicted octanol–water partition coefficient (Wildman–Crippen LogP) is 3.52. The van der Waals surface area contributed by atoms with E-state index in [1.807, 2.05) is 30.9 Å². The smallest absolute Gasteiger partial charge is 0.335 e. The Morgan fingerprint density at radius 2 is 1.75 bits per heavy atom. The monoisotopic (exact) mass is 405 g/mol. The van der Waals surface area contributed by atoms with Crippen molar-refractivity contribution in [2.24, 2.45) is 5.73 Å². The Labute approximate surface area is 171 Å². The van der Waals surface area contributed by atoms with E-state index in [-0.39, 0.29) is 12.3 Å². The summed E-state index contributed by atoms with van der Waals surface area (Å²) in [5.74, 6) is -0.602. The van der Waals surface area contributed by atoms with Gasteiger partial charge in [0, 0.05) is 40.6 Å². The average molecular weight is 406 g/mol. The van der Waals surface area contributed by atoms with Gasteiger partial charge >= 0.3 is 5.97 Å². The minimum absolute atomic E-state index is 0.168. The molecule has 1 amide bonds. The molecular weight excluding hydrogens is 378 g/mol. The summed E-state index contributed by atoms with van der Waals surface area (Å²) < 4.78 is 4.94. The molecule has 1 aliphatic rings. The second-order valence-corrected chi connectivity index (χ2v) is 7.15. The van der Waals surface area contributed by atoms with E-state index >= 15 is 0 Å². The molecule has 0 bridgehead atoms. The lowest BCUT2D eigenvalue weighted by Crippen LogP contribution is -2.34. The molecule has 2 rings (SSSR count). The highest BCUT2D eigenvalue weighted by molar-refractivity contribution is 6.30. The van der Waals surface area contributed by atoms with E-state index < -0.39 is 5.97 Å². The molecule has 0 radical (unpaired) electrons. The maximum atomic E-state index is 12.8. The molecule has 0 saturated heterocycles. The van der Waals surface area contributed by atoms with Crippen LogP contribution in [0.4, 0.5) is 5.69 Å². The van der Waals surface area contributed by atoms with Gasteiger partial charge in [-0.05, 0) is 57.5 Å². The van der Waals surface area contributed by atoms with Gasteiger partial charge in [0.25, 0.3) is 0 Å². The first-order chi connectivity index (χ1) is 13.4. The molecule has 0 saturated carbocycles. The number of unbranched alkanes of at least 4 members (excludes halogenated alkanes) is 2. The molecule has 0 aliphatic carbocycles. The first-order valence-electron chi connectivity index (χ1n) is 9.42. The molecule has 1 aromatic carbocycles. The van der Waals surface area contributed by atoms with E-state index in [0.29, 0.717) is 29.3 Å². The number of ether oxygens (including phenoxy) is 1. The number of benzene rings is 1. The van der Waals surface area contributed by atoms with E-state index in [4.69, 9.17) is 22.1 Å². The molecule has 0 fully saturated rings. The van der Waals surface area contributed by atoms with Crippen LogP contribution in [-0.2, 0) is 14.3 Å². The van der Waals surface area contributed by atoms with Crippen molar-refractivity contribution >= 4 is 29.2 Å². The van der Waals surface area contributed by atoms with E-state index in [0.717, 1.165) is 36.3 Å². The van der Waals surface area contributed by atoms with Crippen molar-refractivity contribution in [2.45, 2.75) is 39.5 Å². The first kappa shape index (κ1) is 22.0. The van der Waals surface area contributed by atoms with E-state index in [1.54, 1.807) is 12.1 Å². The number of nitrogens with two attached hydrogens (primary N) is 1. The van der Waals surface area contributed by atoms with Gasteiger partial charge in [-0.15, -0.1) is 0 Å². The second-order valence-electron chi connectivity index (χ2n) is 6.71. The fraction of sp³-hybridized carbons (Fsp3) is 0.429. The number of methoxy groups -OCH3 is 1. The maximum absolute atomic E-state index is 12.8. The fourth-order valence-corrected chi connectivity index (χ4v) is 3.40. The Bertz CT molecular complexity index is 785. The SMILES string of the molecule is COC(=O)C1=C(C)N(c2ccc(Cl)cc2)C(C)=C(C(=O)NCCCCCN)C1. The summed E-state index contributed by atoms with van der Waals surface area (Å²) in [7, 11) is 1.34. The van der Waals surface area contributed by atoms with Crippen molar-refractivity contribution in [3.8, 4) is 0 Å². The Balaban J connectivity index is 2.31. The van der Waals surface area contributed by atoms with Crippen LogP contribution in [0, 0.1) is 0 Å². The quantitative estimate of drug-likeness (QED) is 0.510. The number of hydrogen-bond donors (Lipinski definition) is 2. The molecule has 1 aliphatic heterocycles. The van der Waals surface area contributed by atoms with Crippen molar-refractivity contribution in [2.75, 3.05) is 25.1 Å². The van der Waals surface area contributed by atoms with Crippen LogP contribution in [-0.4, -0.2) is 32.1 Å². The number of nitrogens with one attached hydrogen (secondary N) is 1. The predicted molar refractivity (Wildman–Crippen MR) is 112 cm³/mol. The Hall–Kier alpha value is -2.31. The largest absolute Gasteiger partial charge is 0.466 e. The van der Waals surface area contributed by atoms with Gasteiger partial charge in [-0.3, -0.25) is 4.79 Å². The van der Waals surface area contributed by atoms with Crippen molar-refractivity contribution in [3.63, 3.8) is 0 Å². The third-order valence-corrected chi connectivity index (χ3v) is 5.11. The Morgan fingerprint density at radius 3 is 2.36 bits per heavy atom. The van der Waals surface area contributed by atoms with Gasteiger partial charge in [0.2, 0.25) is 5.91 Å². The average Bonchev–Trinajstić information content (AvgIpc) is 2.68. The summed E-state index contributed by atoms with van der Waals surface area (Å²) >= 11 is 6.01. The lowest BCUT2D eigenvalue weighted by Gasteiger charge is -2.34. The van der Waals surface area contributed by atoms with Crippen molar-refractivity contribution in [3.05, 3.63) is 51.8 Å². The van der Waals surface area contributed by atoms with Gasteiger partial charge in [0.1, 0.15) is 0 Å². The van der Waals surface area contributed by atoms with Gasteiger partial charge in [-0.2, -0.15) is 0 Å². The van der Waals surface area contributed by atoms with Crippen molar-refractivity contribution in [1.82, 2.24) is 5.32 Å². The second kappa shape index (κ2) is 10.3. The van der Waals surface area contributed by atoms with Crippen molar-refractivity contribution in [1.29, 1.82) is 0 Å². The zero-order valence-corrected chi connectivity index (χ0v) is 17.4. The van der Waals surface area contributed by atoms with Crippen LogP contribution in [0.3, 0.4) is 0 Å². The van der Waals surface area contributed by atoms with Crippen LogP contribution < -0.4 is 16.0 Å².